The van der Waals surface area contributed by atoms with E-state index >= 15 is 0 Å². The zero-order valence-corrected chi connectivity index (χ0v) is 20.0. The molecule has 0 aliphatic rings. The van der Waals surface area contributed by atoms with Gasteiger partial charge >= 0.3 is 6.61 Å². The standard InChI is InChI=1S/C23H22ClF4N5O3/c1-33(2)7-3-4-19(34)31-17-10-13-16(11-18(17)35-8-9-36-23(27)28)29-12-30-22(13)32-15-6-5-14(25)20(24)21(15)26/h3-6,10-12,23H,7-9H2,1-2H3,(H,31,34)(H,29,30,32)/b4-3+. The predicted octanol–water partition coefficient (Wildman–Crippen LogP) is 4.98. The van der Waals surface area contributed by atoms with Gasteiger partial charge in [-0.15, -0.1) is 0 Å². The number of anilines is 3. The van der Waals surface area contributed by atoms with Gasteiger partial charge in [-0.05, 0) is 32.3 Å². The lowest BCUT2D eigenvalue weighted by atomic mass is 10.1. The van der Waals surface area contributed by atoms with Crippen LogP contribution >= 0.6 is 11.6 Å². The number of benzene rings is 2. The molecule has 3 rings (SSSR count). The van der Waals surface area contributed by atoms with E-state index in [1.165, 1.54) is 24.5 Å². The van der Waals surface area contributed by atoms with Crippen molar-refractivity contribution in [2.24, 2.45) is 0 Å². The molecule has 192 valence electrons. The van der Waals surface area contributed by atoms with Crippen molar-refractivity contribution in [1.82, 2.24) is 14.9 Å². The van der Waals surface area contributed by atoms with E-state index in [0.29, 0.717) is 17.4 Å². The van der Waals surface area contributed by atoms with Crippen molar-refractivity contribution in [2.75, 3.05) is 44.5 Å². The van der Waals surface area contributed by atoms with E-state index in [2.05, 4.69) is 25.3 Å². The number of halogens is 5. The Hall–Kier alpha value is -3.48. The van der Waals surface area contributed by atoms with E-state index in [1.54, 1.807) is 6.08 Å². The third-order valence-electron chi connectivity index (χ3n) is 4.61. The fourth-order valence-corrected chi connectivity index (χ4v) is 3.15. The number of fused-ring (bicyclic) bond motifs is 1. The summed E-state index contributed by atoms with van der Waals surface area (Å²) in [6.45, 7) is -3.06. The second kappa shape index (κ2) is 12.5. The van der Waals surface area contributed by atoms with Gasteiger partial charge in [0.2, 0.25) is 5.91 Å². The van der Waals surface area contributed by atoms with Gasteiger partial charge in [0.25, 0.3) is 0 Å². The number of alkyl halides is 2. The summed E-state index contributed by atoms with van der Waals surface area (Å²) in [5.74, 6) is -2.14. The number of nitrogens with zero attached hydrogens (tertiary/aromatic N) is 3. The Morgan fingerprint density at radius 2 is 1.94 bits per heavy atom. The summed E-state index contributed by atoms with van der Waals surface area (Å²) in [5.41, 5.74) is 0.365. The molecular weight excluding hydrogens is 506 g/mol. The Kier molecular flexibility index (Phi) is 9.39. The van der Waals surface area contributed by atoms with Crippen molar-refractivity contribution in [3.05, 3.63) is 59.4 Å². The lowest BCUT2D eigenvalue weighted by Crippen LogP contribution is -2.14. The number of amides is 1. The third-order valence-corrected chi connectivity index (χ3v) is 4.95. The highest BCUT2D eigenvalue weighted by atomic mass is 35.5. The molecule has 0 bridgehead atoms. The third kappa shape index (κ3) is 7.26. The van der Waals surface area contributed by atoms with Gasteiger partial charge < -0.3 is 25.0 Å². The average Bonchev–Trinajstić information content (AvgIpc) is 2.82. The van der Waals surface area contributed by atoms with Gasteiger partial charge in [-0.2, -0.15) is 8.78 Å². The van der Waals surface area contributed by atoms with Gasteiger partial charge in [-0.25, -0.2) is 18.7 Å². The van der Waals surface area contributed by atoms with Crippen molar-refractivity contribution < 1.29 is 31.8 Å². The molecule has 0 unspecified atom stereocenters. The molecule has 0 fully saturated rings. The first kappa shape index (κ1) is 27.1. The predicted molar refractivity (Wildman–Crippen MR) is 128 cm³/mol. The molecule has 1 aromatic heterocycles. The summed E-state index contributed by atoms with van der Waals surface area (Å²) in [5, 5.41) is 5.07. The first-order valence-corrected chi connectivity index (χ1v) is 10.9. The molecule has 0 atom stereocenters. The highest BCUT2D eigenvalue weighted by Crippen LogP contribution is 2.34. The van der Waals surface area contributed by atoms with E-state index < -0.39 is 35.8 Å². The van der Waals surface area contributed by atoms with Crippen molar-refractivity contribution >= 4 is 45.6 Å². The van der Waals surface area contributed by atoms with Crippen LogP contribution in [0.25, 0.3) is 10.9 Å². The highest BCUT2D eigenvalue weighted by molar-refractivity contribution is 6.31. The fraction of sp³-hybridized carbons (Fsp3) is 0.261. The van der Waals surface area contributed by atoms with Crippen molar-refractivity contribution in [1.29, 1.82) is 0 Å². The number of aromatic nitrogens is 2. The Labute approximate surface area is 208 Å². The van der Waals surface area contributed by atoms with Crippen molar-refractivity contribution in [3.8, 4) is 5.75 Å². The maximum absolute atomic E-state index is 14.4. The van der Waals surface area contributed by atoms with Crippen molar-refractivity contribution in [3.63, 3.8) is 0 Å². The summed E-state index contributed by atoms with van der Waals surface area (Å²) in [4.78, 5) is 22.6. The minimum atomic E-state index is -2.95. The van der Waals surface area contributed by atoms with E-state index in [1.807, 2.05) is 19.0 Å². The Morgan fingerprint density at radius 1 is 1.17 bits per heavy atom. The van der Waals surface area contributed by atoms with E-state index in [0.717, 1.165) is 12.1 Å². The molecule has 1 amide bonds. The minimum Gasteiger partial charge on any atom is -0.489 e. The summed E-state index contributed by atoms with van der Waals surface area (Å²) >= 11 is 5.66. The van der Waals surface area contributed by atoms with Crippen molar-refractivity contribution in [2.45, 2.75) is 6.61 Å². The van der Waals surface area contributed by atoms with Crippen LogP contribution in [0.15, 0.2) is 42.7 Å². The molecule has 1 heterocycles. The number of carbonyl (C=O) groups is 1. The van der Waals surface area contributed by atoms with Crippen LogP contribution in [-0.4, -0.2) is 61.2 Å². The Morgan fingerprint density at radius 3 is 2.67 bits per heavy atom. The molecule has 0 spiro atoms. The normalized spacial score (nSPS) is 11.6. The zero-order valence-electron chi connectivity index (χ0n) is 19.2. The molecule has 0 saturated carbocycles. The number of likely N-dealkylation sites (N-methyl/N-ethyl adjacent to an activating group) is 1. The molecule has 2 aromatic carbocycles. The molecular formula is C23H22ClF4N5O3. The number of ether oxygens (including phenoxy) is 2. The second-order valence-corrected chi connectivity index (χ2v) is 7.95. The first-order chi connectivity index (χ1) is 17.2. The minimum absolute atomic E-state index is 0.132. The van der Waals surface area contributed by atoms with Crippen LogP contribution in [-0.2, 0) is 9.53 Å². The van der Waals surface area contributed by atoms with E-state index in [-0.39, 0.29) is 29.5 Å². The summed E-state index contributed by atoms with van der Waals surface area (Å²) < 4.78 is 62.2. The van der Waals surface area contributed by atoms with E-state index in [9.17, 15) is 22.4 Å². The van der Waals surface area contributed by atoms with E-state index in [4.69, 9.17) is 16.3 Å². The number of hydrogen-bond donors (Lipinski definition) is 2. The van der Waals surface area contributed by atoms with Crippen LogP contribution in [0.5, 0.6) is 5.75 Å². The lowest BCUT2D eigenvalue weighted by Gasteiger charge is -2.15. The van der Waals surface area contributed by atoms with Crippen LogP contribution in [0, 0.1) is 11.6 Å². The van der Waals surface area contributed by atoms with Gasteiger partial charge in [-0.3, -0.25) is 4.79 Å². The average molecular weight is 528 g/mol. The van der Waals surface area contributed by atoms with Gasteiger partial charge in [0.15, 0.2) is 5.82 Å². The smallest absolute Gasteiger partial charge is 0.345 e. The van der Waals surface area contributed by atoms with Gasteiger partial charge in [0.05, 0.1) is 23.5 Å². The summed E-state index contributed by atoms with van der Waals surface area (Å²) in [6.07, 6.45) is 4.16. The topological polar surface area (TPSA) is 88.6 Å². The maximum atomic E-state index is 14.4. The molecule has 13 heteroatoms. The molecule has 2 N–H and O–H groups in total. The molecule has 0 saturated heterocycles. The lowest BCUT2D eigenvalue weighted by molar-refractivity contribution is -0.133. The molecule has 0 aliphatic carbocycles. The monoisotopic (exact) mass is 527 g/mol. The summed E-state index contributed by atoms with van der Waals surface area (Å²) in [6, 6.07) is 5.08. The number of rotatable bonds is 11. The molecule has 8 nitrogen and oxygen atoms in total. The molecule has 0 radical (unpaired) electrons. The SMILES string of the molecule is CN(C)C/C=C/C(=O)Nc1cc2c(Nc3ccc(F)c(Cl)c3F)ncnc2cc1OCCOC(F)F. The first-order valence-electron chi connectivity index (χ1n) is 10.5. The number of hydrogen-bond acceptors (Lipinski definition) is 7. The van der Waals surface area contributed by atoms with Crippen LogP contribution < -0.4 is 15.4 Å². The number of nitrogens with one attached hydrogen (secondary N) is 2. The number of carbonyl (C=O) groups excluding carboxylic acids is 1. The largest absolute Gasteiger partial charge is 0.489 e. The van der Waals surface area contributed by atoms with Crippen LogP contribution in [0.4, 0.5) is 34.8 Å². The van der Waals surface area contributed by atoms with Crippen LogP contribution in [0.3, 0.4) is 0 Å². The Balaban J connectivity index is 1.96. The van der Waals surface area contributed by atoms with Gasteiger partial charge in [-0.1, -0.05) is 17.7 Å². The van der Waals surface area contributed by atoms with Gasteiger partial charge in [0, 0.05) is 24.1 Å². The molecule has 36 heavy (non-hydrogen) atoms. The second-order valence-electron chi connectivity index (χ2n) is 7.57. The summed E-state index contributed by atoms with van der Waals surface area (Å²) in [7, 11) is 3.68. The van der Waals surface area contributed by atoms with Gasteiger partial charge in [0.1, 0.15) is 35.3 Å². The van der Waals surface area contributed by atoms with Crippen LogP contribution in [0.2, 0.25) is 5.02 Å². The molecule has 3 aromatic rings. The highest BCUT2D eigenvalue weighted by Gasteiger charge is 2.16. The fourth-order valence-electron chi connectivity index (χ4n) is 2.98. The maximum Gasteiger partial charge on any atom is 0.345 e. The zero-order chi connectivity index (χ0) is 26.2. The van der Waals surface area contributed by atoms with Crippen LogP contribution in [0.1, 0.15) is 0 Å². The quantitative estimate of drug-likeness (QED) is 0.157. The Bertz CT molecular complexity index is 1260. The molecule has 0 aliphatic heterocycles.